The summed E-state index contributed by atoms with van der Waals surface area (Å²) in [5, 5.41) is 9.59. The Kier molecular flexibility index (Phi) is 2.68. The number of nitrogens with zero attached hydrogens (tertiary/aromatic N) is 2. The predicted octanol–water partition coefficient (Wildman–Crippen LogP) is 1.67. The number of pyridine rings is 1. The summed E-state index contributed by atoms with van der Waals surface area (Å²) in [5.41, 5.74) is 2.71. The van der Waals surface area contributed by atoms with Gasteiger partial charge in [-0.05, 0) is 26.0 Å². The molecule has 2 aromatic heterocycles. The highest BCUT2D eigenvalue weighted by atomic mass is 16.1. The second-order valence-corrected chi connectivity index (χ2v) is 3.48. The van der Waals surface area contributed by atoms with Crippen molar-refractivity contribution in [3.05, 3.63) is 41.5 Å². The molecule has 0 saturated carbocycles. The molecule has 2 heterocycles. The molecule has 0 aliphatic carbocycles. The Morgan fingerprint density at radius 1 is 1.38 bits per heavy atom. The zero-order valence-electron chi connectivity index (χ0n) is 9.11. The highest BCUT2D eigenvalue weighted by molar-refractivity contribution is 6.03. The number of hydrogen-bond acceptors (Lipinski definition) is 3. The highest BCUT2D eigenvalue weighted by Crippen LogP contribution is 2.16. The number of H-pyrrole nitrogens is 1. The molecule has 82 valence electrons. The third-order valence-electron chi connectivity index (χ3n) is 2.26. The van der Waals surface area contributed by atoms with Crippen LogP contribution in [0.25, 0.3) is 0 Å². The van der Waals surface area contributed by atoms with Gasteiger partial charge in [0.2, 0.25) is 0 Å². The third-order valence-corrected chi connectivity index (χ3v) is 2.26. The first kappa shape index (κ1) is 10.4. The van der Waals surface area contributed by atoms with Gasteiger partial charge in [0.15, 0.2) is 0 Å². The van der Waals surface area contributed by atoms with Crippen LogP contribution < -0.4 is 5.32 Å². The van der Waals surface area contributed by atoms with E-state index in [9.17, 15) is 4.79 Å². The van der Waals surface area contributed by atoms with Gasteiger partial charge in [-0.2, -0.15) is 5.10 Å². The molecule has 2 aromatic rings. The van der Waals surface area contributed by atoms with Crippen LogP contribution in [0.4, 0.5) is 5.69 Å². The minimum absolute atomic E-state index is 0.229. The molecule has 0 fully saturated rings. The molecule has 1 amide bonds. The fourth-order valence-corrected chi connectivity index (χ4v) is 1.41. The second kappa shape index (κ2) is 4.14. The van der Waals surface area contributed by atoms with Crippen LogP contribution in [0, 0.1) is 13.8 Å². The zero-order valence-corrected chi connectivity index (χ0v) is 9.11. The molecule has 5 heteroatoms. The van der Waals surface area contributed by atoms with Crippen LogP contribution in [0.3, 0.4) is 0 Å². The average Bonchev–Trinajstić information content (AvgIpc) is 2.62. The van der Waals surface area contributed by atoms with Crippen molar-refractivity contribution >= 4 is 11.6 Å². The average molecular weight is 216 g/mol. The Labute approximate surface area is 92.9 Å². The molecule has 0 aromatic carbocycles. The molecule has 0 aliphatic heterocycles. The van der Waals surface area contributed by atoms with Gasteiger partial charge in [0, 0.05) is 6.20 Å². The molecule has 0 unspecified atom stereocenters. The standard InChI is InChI=1S/C11H12N4O/c1-7-10(8(2)15-14-7)13-11(16)9-5-3-4-6-12-9/h3-6H,1-2H3,(H,13,16)(H,14,15). The summed E-state index contributed by atoms with van der Waals surface area (Å²) in [4.78, 5) is 15.8. The van der Waals surface area contributed by atoms with Gasteiger partial charge in [0.1, 0.15) is 5.69 Å². The fraction of sp³-hybridized carbons (Fsp3) is 0.182. The van der Waals surface area contributed by atoms with Crippen molar-refractivity contribution < 1.29 is 4.79 Å². The van der Waals surface area contributed by atoms with E-state index >= 15 is 0 Å². The molecule has 5 nitrogen and oxygen atoms in total. The van der Waals surface area contributed by atoms with Crippen LogP contribution in [0.5, 0.6) is 0 Å². The van der Waals surface area contributed by atoms with Gasteiger partial charge >= 0.3 is 0 Å². The van der Waals surface area contributed by atoms with E-state index in [-0.39, 0.29) is 5.91 Å². The van der Waals surface area contributed by atoms with E-state index in [2.05, 4.69) is 20.5 Å². The number of nitrogens with one attached hydrogen (secondary N) is 2. The molecule has 0 bridgehead atoms. The van der Waals surface area contributed by atoms with Gasteiger partial charge in [0.25, 0.3) is 5.91 Å². The van der Waals surface area contributed by atoms with Crippen LogP contribution >= 0.6 is 0 Å². The van der Waals surface area contributed by atoms with Crippen LogP contribution in [-0.2, 0) is 0 Å². The van der Waals surface area contributed by atoms with E-state index in [0.717, 1.165) is 17.1 Å². The van der Waals surface area contributed by atoms with E-state index in [1.165, 1.54) is 0 Å². The highest BCUT2D eigenvalue weighted by Gasteiger charge is 2.12. The van der Waals surface area contributed by atoms with Gasteiger partial charge in [-0.25, -0.2) is 0 Å². The van der Waals surface area contributed by atoms with Crippen molar-refractivity contribution in [1.82, 2.24) is 15.2 Å². The molecule has 16 heavy (non-hydrogen) atoms. The quantitative estimate of drug-likeness (QED) is 0.802. The van der Waals surface area contributed by atoms with Crippen molar-refractivity contribution in [1.29, 1.82) is 0 Å². The molecule has 0 aliphatic rings. The lowest BCUT2D eigenvalue weighted by Crippen LogP contribution is -2.14. The van der Waals surface area contributed by atoms with Crippen molar-refractivity contribution in [3.8, 4) is 0 Å². The lowest BCUT2D eigenvalue weighted by molar-refractivity contribution is 0.102. The Bertz CT molecular complexity index is 484. The third kappa shape index (κ3) is 1.93. The summed E-state index contributed by atoms with van der Waals surface area (Å²) in [7, 11) is 0. The number of anilines is 1. The minimum atomic E-state index is -0.229. The summed E-state index contributed by atoms with van der Waals surface area (Å²) >= 11 is 0. The monoisotopic (exact) mass is 216 g/mol. The summed E-state index contributed by atoms with van der Waals surface area (Å²) < 4.78 is 0. The van der Waals surface area contributed by atoms with Crippen molar-refractivity contribution in [3.63, 3.8) is 0 Å². The summed E-state index contributed by atoms with van der Waals surface area (Å²) in [6, 6.07) is 5.21. The summed E-state index contributed by atoms with van der Waals surface area (Å²) in [6.07, 6.45) is 1.59. The molecule has 0 atom stereocenters. The Hall–Kier alpha value is -2.17. The lowest BCUT2D eigenvalue weighted by Gasteiger charge is -2.03. The maximum absolute atomic E-state index is 11.8. The number of carbonyl (C=O) groups excluding carboxylic acids is 1. The molecule has 2 N–H and O–H groups in total. The number of carbonyl (C=O) groups is 1. The van der Waals surface area contributed by atoms with E-state index in [0.29, 0.717) is 5.69 Å². The molecular formula is C11H12N4O. The maximum Gasteiger partial charge on any atom is 0.274 e. The molecule has 2 rings (SSSR count). The van der Waals surface area contributed by atoms with Crippen LogP contribution in [0.1, 0.15) is 21.9 Å². The van der Waals surface area contributed by atoms with Gasteiger partial charge in [0.05, 0.1) is 17.1 Å². The molecule has 0 radical (unpaired) electrons. The van der Waals surface area contributed by atoms with Gasteiger partial charge in [-0.3, -0.25) is 14.9 Å². The smallest absolute Gasteiger partial charge is 0.274 e. The summed E-state index contributed by atoms with van der Waals surface area (Å²) in [5.74, 6) is -0.229. The Balaban J connectivity index is 2.21. The van der Waals surface area contributed by atoms with Gasteiger partial charge in [-0.1, -0.05) is 6.07 Å². The maximum atomic E-state index is 11.8. The minimum Gasteiger partial charge on any atom is -0.317 e. The first-order valence-corrected chi connectivity index (χ1v) is 4.92. The fourth-order valence-electron chi connectivity index (χ4n) is 1.41. The van der Waals surface area contributed by atoms with Gasteiger partial charge < -0.3 is 5.32 Å². The van der Waals surface area contributed by atoms with Crippen molar-refractivity contribution in [2.45, 2.75) is 13.8 Å². The van der Waals surface area contributed by atoms with Crippen molar-refractivity contribution in [2.24, 2.45) is 0 Å². The number of amides is 1. The number of hydrogen-bond donors (Lipinski definition) is 2. The normalized spacial score (nSPS) is 10.1. The first-order valence-electron chi connectivity index (χ1n) is 4.92. The first-order chi connectivity index (χ1) is 7.68. The lowest BCUT2D eigenvalue weighted by atomic mass is 10.3. The Morgan fingerprint density at radius 2 is 2.19 bits per heavy atom. The van der Waals surface area contributed by atoms with Crippen LogP contribution in [0.2, 0.25) is 0 Å². The number of aromatic amines is 1. The number of aromatic nitrogens is 3. The van der Waals surface area contributed by atoms with Gasteiger partial charge in [-0.15, -0.1) is 0 Å². The van der Waals surface area contributed by atoms with Crippen LogP contribution in [0.15, 0.2) is 24.4 Å². The largest absolute Gasteiger partial charge is 0.317 e. The predicted molar refractivity (Wildman–Crippen MR) is 60.3 cm³/mol. The second-order valence-electron chi connectivity index (χ2n) is 3.48. The Morgan fingerprint density at radius 3 is 2.75 bits per heavy atom. The SMILES string of the molecule is Cc1n[nH]c(C)c1NC(=O)c1ccccn1. The van der Waals surface area contributed by atoms with E-state index in [4.69, 9.17) is 0 Å². The molecule has 0 saturated heterocycles. The van der Waals surface area contributed by atoms with E-state index in [1.54, 1.807) is 24.4 Å². The van der Waals surface area contributed by atoms with Crippen molar-refractivity contribution in [2.75, 3.05) is 5.32 Å². The number of aryl methyl sites for hydroxylation is 2. The van der Waals surface area contributed by atoms with E-state index in [1.807, 2.05) is 13.8 Å². The van der Waals surface area contributed by atoms with E-state index < -0.39 is 0 Å². The zero-order chi connectivity index (χ0) is 11.5. The summed E-state index contributed by atoms with van der Waals surface area (Å²) in [6.45, 7) is 3.69. The number of rotatable bonds is 2. The molecule has 0 spiro atoms. The van der Waals surface area contributed by atoms with Crippen LogP contribution in [-0.4, -0.2) is 21.1 Å². The topological polar surface area (TPSA) is 70.7 Å². The molecular weight excluding hydrogens is 204 g/mol.